The molecule has 0 aliphatic carbocycles. The van der Waals surface area contributed by atoms with E-state index >= 15 is 0 Å². The van der Waals surface area contributed by atoms with Gasteiger partial charge in [0.05, 0.1) is 17.7 Å². The fourth-order valence-electron chi connectivity index (χ4n) is 4.21. The van der Waals surface area contributed by atoms with E-state index < -0.39 is 0 Å². The minimum atomic E-state index is -0.320. The molecule has 3 amide bonds. The van der Waals surface area contributed by atoms with Crippen molar-refractivity contribution in [3.8, 4) is 5.75 Å². The lowest BCUT2D eigenvalue weighted by Crippen LogP contribution is -2.48. The molecule has 1 N–H and O–H groups in total. The molecule has 1 aliphatic rings. The maximum atomic E-state index is 13.5. The van der Waals surface area contributed by atoms with E-state index in [9.17, 15) is 14.4 Å². The van der Waals surface area contributed by atoms with Crippen LogP contribution in [0.1, 0.15) is 34.6 Å². The Morgan fingerprint density at radius 3 is 2.47 bits per heavy atom. The molecule has 0 fully saturated rings. The number of anilines is 1. The van der Waals surface area contributed by atoms with Crippen molar-refractivity contribution >= 4 is 23.4 Å². The quantitative estimate of drug-likeness (QED) is 0.682. The molecule has 2 aromatic rings. The molecular formula is C27H35N3O6. The van der Waals surface area contributed by atoms with Crippen molar-refractivity contribution in [3.63, 3.8) is 0 Å². The van der Waals surface area contributed by atoms with Gasteiger partial charge in [0, 0.05) is 57.6 Å². The minimum Gasteiger partial charge on any atom is -0.491 e. The monoisotopic (exact) mass is 497 g/mol. The van der Waals surface area contributed by atoms with Crippen LogP contribution in [-0.2, 0) is 14.3 Å². The van der Waals surface area contributed by atoms with Crippen LogP contribution in [0, 0.1) is 5.92 Å². The fourth-order valence-corrected chi connectivity index (χ4v) is 4.21. The smallest absolute Gasteiger partial charge is 0.257 e. The third-order valence-corrected chi connectivity index (χ3v) is 6.29. The van der Waals surface area contributed by atoms with E-state index in [1.807, 2.05) is 32.0 Å². The van der Waals surface area contributed by atoms with E-state index in [2.05, 4.69) is 5.32 Å². The predicted octanol–water partition coefficient (Wildman–Crippen LogP) is 2.92. The molecule has 0 spiro atoms. The summed E-state index contributed by atoms with van der Waals surface area (Å²) in [5.74, 6) is -0.365. The van der Waals surface area contributed by atoms with E-state index in [4.69, 9.17) is 14.2 Å². The van der Waals surface area contributed by atoms with Crippen molar-refractivity contribution in [1.82, 2.24) is 9.80 Å². The molecule has 3 atom stereocenters. The molecule has 0 radical (unpaired) electrons. The third kappa shape index (κ3) is 6.61. The first-order valence-electron chi connectivity index (χ1n) is 11.9. The van der Waals surface area contributed by atoms with Crippen LogP contribution in [-0.4, -0.2) is 87.2 Å². The molecule has 2 aromatic carbocycles. The molecule has 0 unspecified atom stereocenters. The Morgan fingerprint density at radius 2 is 1.81 bits per heavy atom. The van der Waals surface area contributed by atoms with Crippen molar-refractivity contribution in [3.05, 3.63) is 59.7 Å². The van der Waals surface area contributed by atoms with Crippen molar-refractivity contribution in [2.24, 2.45) is 5.92 Å². The second-order valence-corrected chi connectivity index (χ2v) is 9.11. The van der Waals surface area contributed by atoms with Gasteiger partial charge in [0.2, 0.25) is 5.91 Å². The molecule has 9 heteroatoms. The Morgan fingerprint density at radius 1 is 1.08 bits per heavy atom. The molecule has 1 aliphatic heterocycles. The Hall–Kier alpha value is -3.43. The standard InChI is InChI=1S/C27H35N3O6/c1-18-14-30(26(32)20-9-7-6-8-10-20)19(2)16-36-23-13-21(28-25(31)17-34-4)11-12-22(23)27(33)29(3)15-24(18)35-5/h6-13,18-19,24H,14-17H2,1-5H3,(H,28,31)/t18-,19+,24-/m1/s1. The number of benzene rings is 2. The van der Waals surface area contributed by atoms with E-state index in [0.717, 1.165) is 0 Å². The normalized spacial score (nSPS) is 21.0. The average Bonchev–Trinajstić information content (AvgIpc) is 2.88. The summed E-state index contributed by atoms with van der Waals surface area (Å²) in [6, 6.07) is 13.7. The Labute approximate surface area is 212 Å². The summed E-state index contributed by atoms with van der Waals surface area (Å²) in [5.41, 5.74) is 1.43. The number of fused-ring (bicyclic) bond motifs is 1. The highest BCUT2D eigenvalue weighted by atomic mass is 16.5. The van der Waals surface area contributed by atoms with Crippen LogP contribution >= 0.6 is 0 Å². The second kappa shape index (κ2) is 12.5. The molecule has 0 bridgehead atoms. The number of rotatable bonds is 5. The number of carbonyl (C=O) groups excluding carboxylic acids is 3. The van der Waals surface area contributed by atoms with Crippen LogP contribution < -0.4 is 10.1 Å². The number of likely N-dealkylation sites (N-methyl/N-ethyl adjacent to an activating group) is 1. The van der Waals surface area contributed by atoms with Gasteiger partial charge in [-0.05, 0) is 31.2 Å². The molecule has 9 nitrogen and oxygen atoms in total. The van der Waals surface area contributed by atoms with E-state index in [-0.39, 0.29) is 49.0 Å². The molecule has 0 saturated heterocycles. The number of hydrogen-bond acceptors (Lipinski definition) is 6. The summed E-state index contributed by atoms with van der Waals surface area (Å²) in [7, 11) is 4.76. The third-order valence-electron chi connectivity index (χ3n) is 6.29. The first-order valence-corrected chi connectivity index (χ1v) is 11.9. The van der Waals surface area contributed by atoms with E-state index in [1.54, 1.807) is 54.3 Å². The number of carbonyl (C=O) groups is 3. The van der Waals surface area contributed by atoms with Crippen molar-refractivity contribution in [1.29, 1.82) is 0 Å². The number of ether oxygens (including phenoxy) is 3. The SMILES string of the molecule is COCC(=O)Nc1ccc2c(c1)OC[C@H](C)N(C(=O)c1ccccc1)C[C@@H](C)[C@H](OC)CN(C)C2=O. The molecule has 1 heterocycles. The lowest BCUT2D eigenvalue weighted by Gasteiger charge is -2.36. The average molecular weight is 498 g/mol. The second-order valence-electron chi connectivity index (χ2n) is 9.11. The Kier molecular flexibility index (Phi) is 9.44. The maximum absolute atomic E-state index is 13.5. The lowest BCUT2D eigenvalue weighted by atomic mass is 10.0. The van der Waals surface area contributed by atoms with Crippen LogP contribution in [0.3, 0.4) is 0 Å². The van der Waals surface area contributed by atoms with Gasteiger partial charge in [0.15, 0.2) is 0 Å². The van der Waals surface area contributed by atoms with Gasteiger partial charge >= 0.3 is 0 Å². The highest BCUT2D eigenvalue weighted by Crippen LogP contribution is 2.27. The fraction of sp³-hybridized carbons (Fsp3) is 0.444. The zero-order valence-electron chi connectivity index (χ0n) is 21.5. The molecule has 194 valence electrons. The van der Waals surface area contributed by atoms with Gasteiger partial charge in [0.1, 0.15) is 19.0 Å². The van der Waals surface area contributed by atoms with Crippen LogP contribution in [0.15, 0.2) is 48.5 Å². The first kappa shape index (κ1) is 27.2. The van der Waals surface area contributed by atoms with Crippen LogP contribution in [0.4, 0.5) is 5.69 Å². The Balaban J connectivity index is 1.97. The van der Waals surface area contributed by atoms with Crippen LogP contribution in [0.25, 0.3) is 0 Å². The number of amides is 3. The maximum Gasteiger partial charge on any atom is 0.257 e. The van der Waals surface area contributed by atoms with Gasteiger partial charge in [0.25, 0.3) is 11.8 Å². The predicted molar refractivity (Wildman–Crippen MR) is 136 cm³/mol. The van der Waals surface area contributed by atoms with Gasteiger partial charge in [-0.15, -0.1) is 0 Å². The van der Waals surface area contributed by atoms with Gasteiger partial charge in [-0.3, -0.25) is 14.4 Å². The number of nitrogens with zero attached hydrogens (tertiary/aromatic N) is 2. The van der Waals surface area contributed by atoms with Crippen LogP contribution in [0.5, 0.6) is 5.75 Å². The summed E-state index contributed by atoms with van der Waals surface area (Å²) >= 11 is 0. The van der Waals surface area contributed by atoms with Gasteiger partial charge in [-0.2, -0.15) is 0 Å². The van der Waals surface area contributed by atoms with Gasteiger partial charge < -0.3 is 29.3 Å². The summed E-state index contributed by atoms with van der Waals surface area (Å²) in [6.45, 7) is 4.76. The van der Waals surface area contributed by atoms with Crippen molar-refractivity contribution < 1.29 is 28.6 Å². The van der Waals surface area contributed by atoms with Gasteiger partial charge in [-0.25, -0.2) is 0 Å². The van der Waals surface area contributed by atoms with Crippen LogP contribution in [0.2, 0.25) is 0 Å². The van der Waals surface area contributed by atoms with Crippen molar-refractivity contribution in [2.45, 2.75) is 26.0 Å². The van der Waals surface area contributed by atoms with E-state index in [1.165, 1.54) is 7.11 Å². The highest BCUT2D eigenvalue weighted by Gasteiger charge is 2.30. The summed E-state index contributed by atoms with van der Waals surface area (Å²) < 4.78 is 16.7. The van der Waals surface area contributed by atoms with Gasteiger partial charge in [-0.1, -0.05) is 25.1 Å². The molecule has 36 heavy (non-hydrogen) atoms. The lowest BCUT2D eigenvalue weighted by molar-refractivity contribution is -0.119. The van der Waals surface area contributed by atoms with Crippen molar-refractivity contribution in [2.75, 3.05) is 52.9 Å². The molecule has 0 saturated carbocycles. The molecule has 3 rings (SSSR count). The summed E-state index contributed by atoms with van der Waals surface area (Å²) in [6.07, 6.45) is -0.284. The molecule has 0 aromatic heterocycles. The van der Waals surface area contributed by atoms with E-state index in [0.29, 0.717) is 35.7 Å². The first-order chi connectivity index (χ1) is 17.2. The zero-order chi connectivity index (χ0) is 26.2. The topological polar surface area (TPSA) is 97.4 Å². The Bertz CT molecular complexity index is 1060. The summed E-state index contributed by atoms with van der Waals surface area (Å²) in [4.78, 5) is 42.2. The number of methoxy groups -OCH3 is 2. The highest BCUT2D eigenvalue weighted by molar-refractivity contribution is 5.98. The molecular weight excluding hydrogens is 462 g/mol. The summed E-state index contributed by atoms with van der Waals surface area (Å²) in [5, 5.41) is 2.73. The minimum absolute atomic E-state index is 0.0439. The number of nitrogens with one attached hydrogen (secondary N) is 1. The zero-order valence-corrected chi connectivity index (χ0v) is 21.5. The number of hydrogen-bond donors (Lipinski definition) is 1. The largest absolute Gasteiger partial charge is 0.491 e.